The number of carbonyl (C=O) groups excluding carboxylic acids is 1. The number of amides is 1. The van der Waals surface area contributed by atoms with Gasteiger partial charge >= 0.3 is 0 Å². The summed E-state index contributed by atoms with van der Waals surface area (Å²) in [6, 6.07) is 11.4. The number of ether oxygens (including phenoxy) is 1. The molecule has 1 aliphatic heterocycles. The van der Waals surface area contributed by atoms with Crippen molar-refractivity contribution in [2.24, 2.45) is 0 Å². The topological polar surface area (TPSA) is 99.8 Å². The first kappa shape index (κ1) is 21.9. The normalized spacial score (nSPS) is 14.3. The zero-order valence-electron chi connectivity index (χ0n) is 17.3. The van der Waals surface area contributed by atoms with Gasteiger partial charge in [0.25, 0.3) is 15.9 Å². The number of rotatable bonds is 8. The summed E-state index contributed by atoms with van der Waals surface area (Å²) in [6.45, 7) is 7.81. The van der Waals surface area contributed by atoms with Crippen LogP contribution in [-0.4, -0.2) is 53.7 Å². The first-order valence-electron chi connectivity index (χ1n) is 10.1. The molecule has 0 bridgehead atoms. The van der Waals surface area contributed by atoms with E-state index in [1.807, 2.05) is 13.8 Å². The number of sulfonamides is 1. The minimum atomic E-state index is -3.84. The van der Waals surface area contributed by atoms with E-state index in [0.717, 1.165) is 31.9 Å². The lowest BCUT2D eigenvalue weighted by Gasteiger charge is -2.31. The number of hydrogen-bond donors (Lipinski definition) is 3. The average molecular weight is 433 g/mol. The van der Waals surface area contributed by atoms with Crippen LogP contribution in [0.25, 0.3) is 0 Å². The molecular weight excluding hydrogens is 404 g/mol. The van der Waals surface area contributed by atoms with Gasteiger partial charge in [0.2, 0.25) is 0 Å². The van der Waals surface area contributed by atoms with Crippen molar-refractivity contribution in [3.05, 3.63) is 48.0 Å². The van der Waals surface area contributed by atoms with Gasteiger partial charge in [-0.15, -0.1) is 0 Å². The Bertz CT molecular complexity index is 971. The fourth-order valence-corrected chi connectivity index (χ4v) is 4.35. The van der Waals surface area contributed by atoms with Gasteiger partial charge in [-0.1, -0.05) is 0 Å². The Morgan fingerprint density at radius 3 is 2.43 bits per heavy atom. The van der Waals surface area contributed by atoms with Crippen LogP contribution in [-0.2, 0) is 10.0 Å². The van der Waals surface area contributed by atoms with Crippen LogP contribution >= 0.6 is 0 Å². The highest BCUT2D eigenvalue weighted by atomic mass is 32.2. The summed E-state index contributed by atoms with van der Waals surface area (Å²) in [4.78, 5) is 14.5. The van der Waals surface area contributed by atoms with Gasteiger partial charge in [0.05, 0.1) is 22.9 Å². The Balaban J connectivity index is 1.94. The molecule has 3 rings (SSSR count). The first-order valence-corrected chi connectivity index (χ1v) is 11.6. The van der Waals surface area contributed by atoms with E-state index < -0.39 is 10.0 Å². The van der Waals surface area contributed by atoms with Crippen molar-refractivity contribution in [2.45, 2.75) is 18.7 Å². The van der Waals surface area contributed by atoms with Gasteiger partial charge in [0, 0.05) is 38.3 Å². The van der Waals surface area contributed by atoms with Crippen LogP contribution in [0.15, 0.2) is 47.4 Å². The molecule has 162 valence electrons. The molecule has 0 atom stereocenters. The lowest BCUT2D eigenvalue weighted by atomic mass is 10.1. The Hall–Kier alpha value is -2.78. The molecule has 0 unspecified atom stereocenters. The smallest absolute Gasteiger partial charge is 0.261 e. The highest BCUT2D eigenvalue weighted by Crippen LogP contribution is 2.30. The molecule has 0 spiro atoms. The second kappa shape index (κ2) is 9.82. The Morgan fingerprint density at radius 1 is 1.10 bits per heavy atom. The Kier molecular flexibility index (Phi) is 7.17. The number of nitrogens with one attached hydrogen (secondary N) is 3. The van der Waals surface area contributed by atoms with Gasteiger partial charge in [-0.3, -0.25) is 9.52 Å². The van der Waals surface area contributed by atoms with Crippen LogP contribution in [0.5, 0.6) is 5.75 Å². The summed E-state index contributed by atoms with van der Waals surface area (Å²) < 4.78 is 34.1. The van der Waals surface area contributed by atoms with Crippen LogP contribution in [0, 0.1) is 0 Å². The SMILES string of the molecule is CCNC(=O)c1ccc(N2CCNCC2)c(NS(=O)(=O)c2ccc(OCC)cc2)c1. The third kappa shape index (κ3) is 5.22. The highest BCUT2D eigenvalue weighted by molar-refractivity contribution is 7.92. The first-order chi connectivity index (χ1) is 14.4. The maximum Gasteiger partial charge on any atom is 0.261 e. The third-order valence-corrected chi connectivity index (χ3v) is 6.12. The average Bonchev–Trinajstić information content (AvgIpc) is 2.75. The van der Waals surface area contributed by atoms with Crippen LogP contribution < -0.4 is 25.0 Å². The lowest BCUT2D eigenvalue weighted by Crippen LogP contribution is -2.43. The van der Waals surface area contributed by atoms with Crippen molar-refractivity contribution < 1.29 is 17.9 Å². The Labute approximate surface area is 177 Å². The van der Waals surface area contributed by atoms with Gasteiger partial charge in [-0.05, 0) is 56.3 Å². The van der Waals surface area contributed by atoms with Gasteiger partial charge in [-0.2, -0.15) is 0 Å². The van der Waals surface area contributed by atoms with Crippen molar-refractivity contribution >= 4 is 27.3 Å². The zero-order chi connectivity index (χ0) is 21.6. The largest absolute Gasteiger partial charge is 0.494 e. The van der Waals surface area contributed by atoms with Gasteiger partial charge in [0.1, 0.15) is 5.75 Å². The van der Waals surface area contributed by atoms with Crippen LogP contribution in [0.3, 0.4) is 0 Å². The van der Waals surface area contributed by atoms with Crippen molar-refractivity contribution in [2.75, 3.05) is 49.0 Å². The molecule has 3 N–H and O–H groups in total. The minimum absolute atomic E-state index is 0.126. The summed E-state index contributed by atoms with van der Waals surface area (Å²) in [5.74, 6) is 0.363. The van der Waals surface area contributed by atoms with E-state index >= 15 is 0 Å². The summed E-state index contributed by atoms with van der Waals surface area (Å²) in [7, 11) is -3.84. The standard InChI is InChI=1S/C21H28N4O4S/c1-3-23-21(26)16-5-10-20(25-13-11-22-12-14-25)19(15-16)24-30(27,28)18-8-6-17(7-9-18)29-4-2/h5-10,15,22,24H,3-4,11-14H2,1-2H3,(H,23,26). The van der Waals surface area contributed by atoms with E-state index in [9.17, 15) is 13.2 Å². The van der Waals surface area contributed by atoms with Gasteiger partial charge in [-0.25, -0.2) is 8.42 Å². The van der Waals surface area contributed by atoms with E-state index in [1.54, 1.807) is 30.3 Å². The van der Waals surface area contributed by atoms with Crippen molar-refractivity contribution in [1.29, 1.82) is 0 Å². The van der Waals surface area contributed by atoms with Crippen molar-refractivity contribution in [3.8, 4) is 5.75 Å². The van der Waals surface area contributed by atoms with Gasteiger partial charge in [0.15, 0.2) is 0 Å². The van der Waals surface area contributed by atoms with Crippen LogP contribution in [0.2, 0.25) is 0 Å². The second-order valence-corrected chi connectivity index (χ2v) is 8.52. The molecule has 1 fully saturated rings. The third-order valence-electron chi connectivity index (χ3n) is 4.74. The number of carbonyl (C=O) groups is 1. The molecule has 30 heavy (non-hydrogen) atoms. The fraction of sp³-hybridized carbons (Fsp3) is 0.381. The molecule has 0 aromatic heterocycles. The quantitative estimate of drug-likeness (QED) is 0.590. The molecule has 2 aromatic carbocycles. The summed E-state index contributed by atoms with van der Waals surface area (Å²) >= 11 is 0. The predicted molar refractivity (Wildman–Crippen MR) is 118 cm³/mol. The number of nitrogens with zero attached hydrogens (tertiary/aromatic N) is 1. The van der Waals surface area contributed by atoms with Crippen molar-refractivity contribution in [1.82, 2.24) is 10.6 Å². The lowest BCUT2D eigenvalue weighted by molar-refractivity contribution is 0.0956. The molecule has 1 heterocycles. The van der Waals surface area contributed by atoms with E-state index in [2.05, 4.69) is 20.3 Å². The fourth-order valence-electron chi connectivity index (χ4n) is 3.29. The molecule has 0 saturated carbocycles. The van der Waals surface area contributed by atoms with Gasteiger partial charge < -0.3 is 20.3 Å². The van der Waals surface area contributed by atoms with E-state index in [4.69, 9.17) is 4.74 Å². The maximum absolute atomic E-state index is 13.0. The number of benzene rings is 2. The zero-order valence-corrected chi connectivity index (χ0v) is 18.1. The summed E-state index contributed by atoms with van der Waals surface area (Å²) in [6.07, 6.45) is 0. The Morgan fingerprint density at radius 2 is 1.80 bits per heavy atom. The number of anilines is 2. The van der Waals surface area contributed by atoms with Crippen LogP contribution in [0.4, 0.5) is 11.4 Å². The minimum Gasteiger partial charge on any atom is -0.494 e. The molecule has 8 nitrogen and oxygen atoms in total. The second-order valence-electron chi connectivity index (χ2n) is 6.84. The summed E-state index contributed by atoms with van der Waals surface area (Å²) in [5.41, 5.74) is 1.54. The molecule has 1 amide bonds. The summed E-state index contributed by atoms with van der Waals surface area (Å²) in [5, 5.41) is 6.03. The maximum atomic E-state index is 13.0. The van der Waals surface area contributed by atoms with E-state index in [1.165, 1.54) is 12.1 Å². The number of piperazine rings is 1. The monoisotopic (exact) mass is 432 g/mol. The molecule has 1 aliphatic rings. The van der Waals surface area contributed by atoms with Crippen molar-refractivity contribution in [3.63, 3.8) is 0 Å². The highest BCUT2D eigenvalue weighted by Gasteiger charge is 2.21. The molecule has 0 aliphatic carbocycles. The van der Waals surface area contributed by atoms with E-state index in [0.29, 0.717) is 30.2 Å². The molecule has 9 heteroatoms. The molecule has 2 aromatic rings. The van der Waals surface area contributed by atoms with E-state index in [-0.39, 0.29) is 10.8 Å². The molecule has 1 saturated heterocycles. The molecular formula is C21H28N4O4S. The van der Waals surface area contributed by atoms with Crippen LogP contribution in [0.1, 0.15) is 24.2 Å². The molecule has 0 radical (unpaired) electrons. The predicted octanol–water partition coefficient (Wildman–Crippen LogP) is 2.05. The number of hydrogen-bond acceptors (Lipinski definition) is 6.